The van der Waals surface area contributed by atoms with Crippen LogP contribution in [-0.4, -0.2) is 14.1 Å². The summed E-state index contributed by atoms with van der Waals surface area (Å²) in [7, 11) is -3.77. The van der Waals surface area contributed by atoms with Gasteiger partial charge in [0.2, 0.25) is 9.84 Å². The van der Waals surface area contributed by atoms with Crippen molar-refractivity contribution in [1.82, 2.24) is 0 Å². The summed E-state index contributed by atoms with van der Waals surface area (Å²) in [6.07, 6.45) is 2.38. The minimum absolute atomic E-state index is 0.0576. The summed E-state index contributed by atoms with van der Waals surface area (Å²) in [4.78, 5) is 5.67. The van der Waals surface area contributed by atoms with Gasteiger partial charge in [-0.1, -0.05) is 104 Å². The predicted octanol–water partition coefficient (Wildman–Crippen LogP) is 9.69. The molecule has 4 heteroatoms. The summed E-state index contributed by atoms with van der Waals surface area (Å²) in [5.41, 5.74) is 8.00. The normalized spacial score (nSPS) is 16.9. The summed E-state index contributed by atoms with van der Waals surface area (Å²) in [5, 5.41) is 4.53. The SMILES string of the molecule is CCC1=Nc2cccc3c2C1CCc1ccc(-c2c4ccccc4c(-c4ccccc4)c4ccccc24)cc1S3(=O)=O. The van der Waals surface area contributed by atoms with Gasteiger partial charge in [-0.05, 0) is 86.8 Å². The van der Waals surface area contributed by atoms with Crippen molar-refractivity contribution in [3.63, 3.8) is 0 Å². The number of aryl methyl sites for hydroxylation is 1. The number of hydrogen-bond acceptors (Lipinski definition) is 3. The van der Waals surface area contributed by atoms with Gasteiger partial charge in [-0.15, -0.1) is 0 Å². The molecule has 1 unspecified atom stereocenters. The maximum Gasteiger partial charge on any atom is 0.207 e. The lowest BCUT2D eigenvalue weighted by molar-refractivity contribution is 0.589. The summed E-state index contributed by atoms with van der Waals surface area (Å²) >= 11 is 0. The number of rotatable bonds is 3. The van der Waals surface area contributed by atoms with Crippen LogP contribution < -0.4 is 0 Å². The van der Waals surface area contributed by atoms with Gasteiger partial charge in [0.15, 0.2) is 0 Å². The van der Waals surface area contributed by atoms with E-state index >= 15 is 0 Å². The molecule has 0 radical (unpaired) electrons. The van der Waals surface area contributed by atoms with Crippen LogP contribution in [-0.2, 0) is 16.3 Å². The molecular formula is C38H29NO2S. The molecule has 0 fully saturated rings. The Balaban J connectivity index is 1.40. The van der Waals surface area contributed by atoms with Crippen LogP contribution in [0.5, 0.6) is 0 Å². The highest BCUT2D eigenvalue weighted by Crippen LogP contribution is 2.48. The lowest BCUT2D eigenvalue weighted by Gasteiger charge is -2.23. The second-order valence-corrected chi connectivity index (χ2v) is 13.2. The van der Waals surface area contributed by atoms with Gasteiger partial charge in [0.25, 0.3) is 0 Å². The predicted molar refractivity (Wildman–Crippen MR) is 173 cm³/mol. The highest BCUT2D eigenvalue weighted by atomic mass is 32.2. The Bertz CT molecular complexity index is 2140. The van der Waals surface area contributed by atoms with E-state index in [0.717, 1.165) is 68.0 Å². The van der Waals surface area contributed by atoms with Crippen molar-refractivity contribution in [3.8, 4) is 22.3 Å². The van der Waals surface area contributed by atoms with E-state index in [9.17, 15) is 8.42 Å². The summed E-state index contributed by atoms with van der Waals surface area (Å²) in [6.45, 7) is 2.11. The van der Waals surface area contributed by atoms with E-state index in [0.29, 0.717) is 16.2 Å². The molecule has 1 atom stereocenters. The molecule has 0 bridgehead atoms. The van der Waals surface area contributed by atoms with Crippen LogP contribution in [0.15, 0.2) is 130 Å². The molecular weight excluding hydrogens is 534 g/mol. The van der Waals surface area contributed by atoms with Gasteiger partial charge in [0, 0.05) is 17.2 Å². The molecule has 0 saturated carbocycles. The fourth-order valence-electron chi connectivity index (χ4n) is 7.19. The molecule has 0 spiro atoms. The monoisotopic (exact) mass is 563 g/mol. The van der Waals surface area contributed by atoms with Crippen molar-refractivity contribution >= 4 is 42.8 Å². The molecule has 6 aromatic carbocycles. The zero-order chi connectivity index (χ0) is 28.4. The average molecular weight is 564 g/mol. The number of nitrogens with zero attached hydrogens (tertiary/aromatic N) is 1. The second kappa shape index (κ2) is 9.50. The van der Waals surface area contributed by atoms with Crippen molar-refractivity contribution in [2.75, 3.05) is 0 Å². The van der Waals surface area contributed by atoms with Crippen molar-refractivity contribution < 1.29 is 8.42 Å². The highest BCUT2D eigenvalue weighted by molar-refractivity contribution is 7.91. The van der Waals surface area contributed by atoms with Gasteiger partial charge < -0.3 is 0 Å². The first-order chi connectivity index (χ1) is 20.6. The van der Waals surface area contributed by atoms with Crippen molar-refractivity contribution in [3.05, 3.63) is 126 Å². The molecule has 8 rings (SSSR count). The van der Waals surface area contributed by atoms with E-state index < -0.39 is 9.84 Å². The lowest BCUT2D eigenvalue weighted by Crippen LogP contribution is -2.17. The van der Waals surface area contributed by atoms with E-state index in [2.05, 4.69) is 85.8 Å². The fraction of sp³-hybridized carbons (Fsp3) is 0.132. The first-order valence-electron chi connectivity index (χ1n) is 14.6. The minimum Gasteiger partial charge on any atom is -0.257 e. The first-order valence-corrected chi connectivity index (χ1v) is 16.1. The molecule has 204 valence electrons. The Morgan fingerprint density at radius 3 is 1.93 bits per heavy atom. The Morgan fingerprint density at radius 2 is 1.29 bits per heavy atom. The van der Waals surface area contributed by atoms with Gasteiger partial charge in [-0.25, -0.2) is 8.42 Å². The number of sulfone groups is 1. The van der Waals surface area contributed by atoms with Gasteiger partial charge >= 0.3 is 0 Å². The van der Waals surface area contributed by atoms with E-state index in [-0.39, 0.29) is 5.92 Å². The zero-order valence-corrected chi connectivity index (χ0v) is 24.2. The molecule has 2 aliphatic heterocycles. The van der Waals surface area contributed by atoms with Gasteiger partial charge in [0.1, 0.15) is 0 Å². The molecule has 0 aromatic heterocycles. The van der Waals surface area contributed by atoms with E-state index in [4.69, 9.17) is 4.99 Å². The minimum atomic E-state index is -3.77. The first kappa shape index (κ1) is 25.2. The van der Waals surface area contributed by atoms with Gasteiger partial charge in [0.05, 0.1) is 15.5 Å². The maximum atomic E-state index is 14.5. The number of benzene rings is 6. The van der Waals surface area contributed by atoms with Crippen molar-refractivity contribution in [1.29, 1.82) is 0 Å². The van der Waals surface area contributed by atoms with Crippen LogP contribution in [0, 0.1) is 0 Å². The lowest BCUT2D eigenvalue weighted by atomic mass is 9.85. The Labute approximate surface area is 246 Å². The Hall–Kier alpha value is -4.54. The molecule has 3 nitrogen and oxygen atoms in total. The maximum absolute atomic E-state index is 14.5. The van der Waals surface area contributed by atoms with Crippen LogP contribution in [0.4, 0.5) is 5.69 Å². The topological polar surface area (TPSA) is 46.5 Å². The van der Waals surface area contributed by atoms with E-state index in [1.165, 1.54) is 11.1 Å². The molecule has 42 heavy (non-hydrogen) atoms. The quantitative estimate of drug-likeness (QED) is 0.201. The number of fused-ring (bicyclic) bond motifs is 3. The molecule has 0 amide bonds. The molecule has 0 aliphatic carbocycles. The standard InChI is InChI=1S/C38H29NO2S/c1-2-32-31-22-21-24-19-20-26(23-35(24)42(40,41)34-18-10-17-33(39-32)38(31)34)37-29-15-8-6-13-27(29)36(25-11-4-3-5-12-25)28-14-7-9-16-30(28)37/h3-20,23,31H,2,21-22H2,1H3. The van der Waals surface area contributed by atoms with Crippen molar-refractivity contribution in [2.24, 2.45) is 4.99 Å². The number of hydrogen-bond donors (Lipinski definition) is 0. The van der Waals surface area contributed by atoms with Crippen LogP contribution in [0.1, 0.15) is 36.8 Å². The molecule has 6 aromatic rings. The third-order valence-corrected chi connectivity index (χ3v) is 10.9. The van der Waals surface area contributed by atoms with Gasteiger partial charge in [-0.2, -0.15) is 0 Å². The van der Waals surface area contributed by atoms with E-state index in [1.54, 1.807) is 6.07 Å². The molecule has 2 aliphatic rings. The van der Waals surface area contributed by atoms with Crippen molar-refractivity contribution in [2.45, 2.75) is 41.9 Å². The van der Waals surface area contributed by atoms with Crippen LogP contribution >= 0.6 is 0 Å². The summed E-state index contributed by atoms with van der Waals surface area (Å²) in [5.74, 6) is 0.0576. The third-order valence-electron chi connectivity index (χ3n) is 9.05. The summed E-state index contributed by atoms with van der Waals surface area (Å²) < 4.78 is 29.0. The Kier molecular flexibility index (Phi) is 5.70. The Morgan fingerprint density at radius 1 is 0.667 bits per heavy atom. The fourth-order valence-corrected chi connectivity index (χ4v) is 9.02. The smallest absolute Gasteiger partial charge is 0.207 e. The zero-order valence-electron chi connectivity index (χ0n) is 23.3. The largest absolute Gasteiger partial charge is 0.257 e. The highest BCUT2D eigenvalue weighted by Gasteiger charge is 2.36. The second-order valence-electron chi connectivity index (χ2n) is 11.3. The summed E-state index contributed by atoms with van der Waals surface area (Å²) in [6, 6.07) is 39.1. The average Bonchev–Trinajstić information content (AvgIpc) is 3.40. The molecule has 0 N–H and O–H groups in total. The van der Waals surface area contributed by atoms with E-state index in [1.807, 2.05) is 30.3 Å². The van der Waals surface area contributed by atoms with Crippen LogP contribution in [0.3, 0.4) is 0 Å². The van der Waals surface area contributed by atoms with Crippen LogP contribution in [0.25, 0.3) is 43.8 Å². The van der Waals surface area contributed by atoms with Gasteiger partial charge in [-0.3, -0.25) is 4.99 Å². The molecule has 0 saturated heterocycles. The van der Waals surface area contributed by atoms with Crippen LogP contribution in [0.2, 0.25) is 0 Å². The number of aliphatic imine (C=N–C) groups is 1. The molecule has 2 heterocycles. The third kappa shape index (κ3) is 3.65.